The molecular weight excluding hydrogens is 426 g/mol. The molecule has 32 heavy (non-hydrogen) atoms. The average molecular weight is 452 g/mol. The standard InChI is InChI=1S/C23H25N5O3S/c1-5-14(2)24-20(29)13-32-23-25-17-12-19(31-4)18(30-3)11-16(17)22-26-21(27-28(22)23)15-9-7-6-8-10-15/h6-12,14H,5,13H2,1-4H3,(H,24,29)/t14-/m1/s1. The number of ether oxygens (including phenoxy) is 2. The summed E-state index contributed by atoms with van der Waals surface area (Å²) in [7, 11) is 3.18. The van der Waals surface area contributed by atoms with E-state index >= 15 is 0 Å². The number of benzene rings is 2. The largest absolute Gasteiger partial charge is 0.493 e. The first-order valence-corrected chi connectivity index (χ1v) is 11.3. The molecule has 1 atom stereocenters. The van der Waals surface area contributed by atoms with Gasteiger partial charge in [0.15, 0.2) is 28.1 Å². The van der Waals surface area contributed by atoms with E-state index in [4.69, 9.17) is 24.5 Å². The number of nitrogens with one attached hydrogen (secondary N) is 1. The van der Waals surface area contributed by atoms with E-state index in [9.17, 15) is 4.79 Å². The second-order valence-electron chi connectivity index (χ2n) is 7.32. The van der Waals surface area contributed by atoms with E-state index in [-0.39, 0.29) is 17.7 Å². The van der Waals surface area contributed by atoms with Crippen LogP contribution in [-0.2, 0) is 4.79 Å². The zero-order chi connectivity index (χ0) is 22.7. The van der Waals surface area contributed by atoms with E-state index in [1.165, 1.54) is 11.8 Å². The van der Waals surface area contributed by atoms with E-state index in [0.717, 1.165) is 17.4 Å². The first-order valence-electron chi connectivity index (χ1n) is 10.3. The summed E-state index contributed by atoms with van der Waals surface area (Å²) < 4.78 is 12.6. The van der Waals surface area contributed by atoms with Crippen molar-refractivity contribution in [3.05, 3.63) is 42.5 Å². The monoisotopic (exact) mass is 451 g/mol. The topological polar surface area (TPSA) is 90.6 Å². The van der Waals surface area contributed by atoms with E-state index in [0.29, 0.717) is 33.6 Å². The number of amides is 1. The van der Waals surface area contributed by atoms with Crippen LogP contribution in [0.2, 0.25) is 0 Å². The highest BCUT2D eigenvalue weighted by molar-refractivity contribution is 7.99. The van der Waals surface area contributed by atoms with Crippen molar-refractivity contribution in [3.8, 4) is 22.9 Å². The van der Waals surface area contributed by atoms with E-state index < -0.39 is 0 Å². The highest BCUT2D eigenvalue weighted by atomic mass is 32.2. The molecule has 0 unspecified atom stereocenters. The van der Waals surface area contributed by atoms with Gasteiger partial charge in [-0.25, -0.2) is 9.97 Å². The van der Waals surface area contributed by atoms with Crippen LogP contribution in [0.15, 0.2) is 47.6 Å². The molecule has 2 heterocycles. The zero-order valence-corrected chi connectivity index (χ0v) is 19.3. The van der Waals surface area contributed by atoms with Crippen LogP contribution < -0.4 is 14.8 Å². The molecule has 166 valence electrons. The molecule has 4 rings (SSSR count). The Morgan fingerprint density at radius 3 is 2.53 bits per heavy atom. The number of hydrogen-bond donors (Lipinski definition) is 1. The summed E-state index contributed by atoms with van der Waals surface area (Å²) in [5.41, 5.74) is 2.22. The van der Waals surface area contributed by atoms with Crippen molar-refractivity contribution in [2.45, 2.75) is 31.5 Å². The molecule has 1 N–H and O–H groups in total. The number of methoxy groups -OCH3 is 2. The molecule has 0 saturated heterocycles. The zero-order valence-electron chi connectivity index (χ0n) is 18.5. The van der Waals surface area contributed by atoms with Gasteiger partial charge in [0.2, 0.25) is 5.91 Å². The van der Waals surface area contributed by atoms with Gasteiger partial charge in [-0.15, -0.1) is 5.10 Å². The summed E-state index contributed by atoms with van der Waals surface area (Å²) in [5.74, 6) is 1.92. The fourth-order valence-corrected chi connectivity index (χ4v) is 4.02. The Balaban J connectivity index is 1.83. The minimum atomic E-state index is -0.0462. The van der Waals surface area contributed by atoms with Crippen LogP contribution in [0.25, 0.3) is 27.9 Å². The third kappa shape index (κ3) is 4.34. The molecule has 9 heteroatoms. The van der Waals surface area contributed by atoms with Crippen molar-refractivity contribution in [1.29, 1.82) is 0 Å². The van der Waals surface area contributed by atoms with Gasteiger partial charge >= 0.3 is 0 Å². The number of carbonyl (C=O) groups excluding carboxylic acids is 1. The summed E-state index contributed by atoms with van der Waals surface area (Å²) in [6, 6.07) is 13.5. The minimum absolute atomic E-state index is 0.0462. The SMILES string of the molecule is CC[C@@H](C)NC(=O)CSc1nc2cc(OC)c(OC)cc2c2nc(-c3ccccc3)nn12. The van der Waals surface area contributed by atoms with Gasteiger partial charge in [0.1, 0.15) is 0 Å². The van der Waals surface area contributed by atoms with Gasteiger partial charge in [0, 0.05) is 23.1 Å². The molecule has 1 amide bonds. The van der Waals surface area contributed by atoms with Crippen LogP contribution in [0.5, 0.6) is 11.5 Å². The fraction of sp³-hybridized carbons (Fsp3) is 0.304. The molecule has 0 spiro atoms. The molecule has 0 saturated carbocycles. The number of nitrogens with zero attached hydrogens (tertiary/aromatic N) is 4. The predicted molar refractivity (Wildman–Crippen MR) is 125 cm³/mol. The minimum Gasteiger partial charge on any atom is -0.493 e. The second-order valence-corrected chi connectivity index (χ2v) is 8.26. The van der Waals surface area contributed by atoms with Crippen molar-refractivity contribution in [1.82, 2.24) is 24.9 Å². The maximum Gasteiger partial charge on any atom is 0.230 e. The molecule has 0 aliphatic carbocycles. The molecule has 0 fully saturated rings. The lowest BCUT2D eigenvalue weighted by Crippen LogP contribution is -2.33. The summed E-state index contributed by atoms with van der Waals surface area (Å²) >= 11 is 1.32. The maximum absolute atomic E-state index is 12.4. The van der Waals surface area contributed by atoms with Crippen molar-refractivity contribution >= 4 is 34.2 Å². The first kappa shape index (κ1) is 21.9. The molecule has 0 aliphatic heterocycles. The summed E-state index contributed by atoms with van der Waals surface area (Å²) in [6.45, 7) is 4.02. The fourth-order valence-electron chi connectivity index (χ4n) is 3.26. The van der Waals surface area contributed by atoms with Crippen LogP contribution in [0.1, 0.15) is 20.3 Å². The number of rotatable bonds is 8. The van der Waals surface area contributed by atoms with E-state index in [1.807, 2.05) is 56.3 Å². The Hall–Kier alpha value is -3.33. The number of thioether (sulfide) groups is 1. The Morgan fingerprint density at radius 1 is 1.12 bits per heavy atom. The Morgan fingerprint density at radius 2 is 1.84 bits per heavy atom. The number of fused-ring (bicyclic) bond motifs is 3. The quantitative estimate of drug-likeness (QED) is 0.320. The summed E-state index contributed by atoms with van der Waals surface area (Å²) in [6.07, 6.45) is 0.875. The van der Waals surface area contributed by atoms with Gasteiger partial charge in [-0.3, -0.25) is 4.79 Å². The molecule has 8 nitrogen and oxygen atoms in total. The smallest absolute Gasteiger partial charge is 0.230 e. The molecule has 0 radical (unpaired) electrons. The van der Waals surface area contributed by atoms with Gasteiger partial charge in [-0.1, -0.05) is 49.0 Å². The molecule has 0 bridgehead atoms. The number of carbonyl (C=O) groups is 1. The lowest BCUT2D eigenvalue weighted by atomic mass is 10.2. The number of aromatic nitrogens is 4. The van der Waals surface area contributed by atoms with Gasteiger partial charge in [0.05, 0.1) is 25.5 Å². The third-order valence-corrected chi connectivity index (χ3v) is 6.06. The van der Waals surface area contributed by atoms with Crippen LogP contribution in [0.3, 0.4) is 0 Å². The van der Waals surface area contributed by atoms with Crippen LogP contribution in [-0.4, -0.2) is 51.5 Å². The first-order chi connectivity index (χ1) is 15.5. The van der Waals surface area contributed by atoms with E-state index in [2.05, 4.69) is 5.32 Å². The van der Waals surface area contributed by atoms with Gasteiger partial charge in [-0.05, 0) is 19.4 Å². The molecule has 2 aromatic heterocycles. The van der Waals surface area contributed by atoms with Crippen molar-refractivity contribution in [3.63, 3.8) is 0 Å². The van der Waals surface area contributed by atoms with Crippen LogP contribution >= 0.6 is 11.8 Å². The Bertz CT molecular complexity index is 1260. The second kappa shape index (κ2) is 9.44. The molecule has 0 aliphatic rings. The van der Waals surface area contributed by atoms with Gasteiger partial charge < -0.3 is 14.8 Å². The summed E-state index contributed by atoms with van der Waals surface area (Å²) in [5, 5.41) is 9.05. The highest BCUT2D eigenvalue weighted by Gasteiger charge is 2.18. The van der Waals surface area contributed by atoms with Crippen molar-refractivity contribution in [2.75, 3.05) is 20.0 Å². The number of hydrogen-bond acceptors (Lipinski definition) is 7. The molecule has 2 aromatic carbocycles. The lowest BCUT2D eigenvalue weighted by molar-refractivity contribution is -0.119. The normalized spacial score (nSPS) is 12.1. The van der Waals surface area contributed by atoms with Crippen LogP contribution in [0.4, 0.5) is 0 Å². The van der Waals surface area contributed by atoms with Gasteiger partial charge in [0.25, 0.3) is 0 Å². The van der Waals surface area contributed by atoms with Crippen molar-refractivity contribution < 1.29 is 14.3 Å². The van der Waals surface area contributed by atoms with E-state index in [1.54, 1.807) is 18.7 Å². The van der Waals surface area contributed by atoms with Crippen LogP contribution in [0, 0.1) is 0 Å². The van der Waals surface area contributed by atoms with Gasteiger partial charge in [-0.2, -0.15) is 4.52 Å². The predicted octanol–water partition coefficient (Wildman–Crippen LogP) is 3.97. The maximum atomic E-state index is 12.4. The summed E-state index contributed by atoms with van der Waals surface area (Å²) in [4.78, 5) is 21.9. The highest BCUT2D eigenvalue weighted by Crippen LogP contribution is 2.35. The van der Waals surface area contributed by atoms with Crippen molar-refractivity contribution in [2.24, 2.45) is 0 Å². The Kier molecular flexibility index (Phi) is 6.45. The molecular formula is C23H25N5O3S. The third-order valence-electron chi connectivity index (χ3n) is 5.13. The lowest BCUT2D eigenvalue weighted by Gasteiger charge is -2.12. The average Bonchev–Trinajstić information content (AvgIpc) is 3.28. The Labute approximate surface area is 190 Å². The molecule has 4 aromatic rings.